The first-order valence-corrected chi connectivity index (χ1v) is 10.2. The first-order chi connectivity index (χ1) is 11.8. The van der Waals surface area contributed by atoms with Gasteiger partial charge in [-0.2, -0.15) is 0 Å². The van der Waals surface area contributed by atoms with Gasteiger partial charge in [-0.25, -0.2) is 0 Å². The van der Waals surface area contributed by atoms with Crippen molar-refractivity contribution in [1.82, 2.24) is 29.8 Å². The zero-order chi connectivity index (χ0) is 19.4. The molecule has 6 nitrogen and oxygen atoms in total. The Bertz CT molecular complexity index is 299. The zero-order valence-corrected chi connectivity index (χ0v) is 19.9. The highest BCUT2D eigenvalue weighted by atomic mass is 35.5. The number of hydrogen-bond donors (Lipinski definition) is 1. The lowest BCUT2D eigenvalue weighted by Gasteiger charge is -2.35. The topological polar surface area (TPSA) is 28.2 Å². The SMILES string of the molecule is C.CCN(CC)C1N(C)CCN1C.CCNCC.CN1CCN(C)C1Cl.Cl. The molecule has 2 rings (SSSR count). The molecule has 2 heterocycles. The lowest BCUT2D eigenvalue weighted by Crippen LogP contribution is -2.49. The normalized spacial score (nSPS) is 19.8. The highest BCUT2D eigenvalue weighted by Gasteiger charge is 2.29. The average molecular weight is 432 g/mol. The van der Waals surface area contributed by atoms with Gasteiger partial charge in [-0.05, 0) is 54.4 Å². The van der Waals surface area contributed by atoms with Gasteiger partial charge in [-0.1, -0.05) is 46.7 Å². The molecule has 0 aliphatic carbocycles. The van der Waals surface area contributed by atoms with Crippen LogP contribution in [0.15, 0.2) is 0 Å². The summed E-state index contributed by atoms with van der Waals surface area (Å²) in [7, 11) is 8.46. The lowest BCUT2D eigenvalue weighted by molar-refractivity contribution is 0.0171. The van der Waals surface area contributed by atoms with E-state index in [9.17, 15) is 0 Å². The summed E-state index contributed by atoms with van der Waals surface area (Å²) in [6.07, 6.45) is 0.528. The van der Waals surface area contributed by atoms with E-state index in [1.807, 2.05) is 14.1 Å². The third-order valence-electron chi connectivity index (χ3n) is 4.77. The van der Waals surface area contributed by atoms with Crippen molar-refractivity contribution in [2.75, 3.05) is 80.5 Å². The molecule has 0 saturated carbocycles. The monoisotopic (exact) mass is 430 g/mol. The minimum absolute atomic E-state index is 0. The number of likely N-dealkylation sites (N-methyl/N-ethyl adjacent to an activating group) is 4. The maximum Gasteiger partial charge on any atom is 0.139 e. The van der Waals surface area contributed by atoms with Crippen LogP contribution in [0, 0.1) is 0 Å². The fourth-order valence-electron chi connectivity index (χ4n) is 3.11. The smallest absolute Gasteiger partial charge is 0.139 e. The van der Waals surface area contributed by atoms with Gasteiger partial charge in [0.1, 0.15) is 11.9 Å². The highest BCUT2D eigenvalue weighted by molar-refractivity contribution is 6.20. The molecule has 2 fully saturated rings. The van der Waals surface area contributed by atoms with Crippen molar-refractivity contribution in [2.45, 2.75) is 47.0 Å². The van der Waals surface area contributed by atoms with Crippen LogP contribution in [0.2, 0.25) is 0 Å². The summed E-state index contributed by atoms with van der Waals surface area (Å²) in [6, 6.07) is 0. The fourth-order valence-corrected chi connectivity index (χ4v) is 3.30. The van der Waals surface area contributed by atoms with Crippen LogP contribution < -0.4 is 5.32 Å². The Balaban J connectivity index is -0.000000337. The zero-order valence-electron chi connectivity index (χ0n) is 18.3. The van der Waals surface area contributed by atoms with E-state index in [2.05, 4.69) is 71.6 Å². The number of alkyl halides is 1. The Kier molecular flexibility index (Phi) is 21.8. The van der Waals surface area contributed by atoms with E-state index >= 15 is 0 Å². The maximum atomic E-state index is 5.86. The quantitative estimate of drug-likeness (QED) is 0.532. The third kappa shape index (κ3) is 11.8. The number of nitrogens with one attached hydrogen (secondary N) is 1. The lowest BCUT2D eigenvalue weighted by atomic mass is 10.5. The van der Waals surface area contributed by atoms with E-state index < -0.39 is 0 Å². The van der Waals surface area contributed by atoms with Crippen LogP contribution in [-0.2, 0) is 0 Å². The summed E-state index contributed by atoms with van der Waals surface area (Å²) in [5, 5.41) is 3.11. The Morgan fingerprint density at radius 3 is 1.30 bits per heavy atom. The van der Waals surface area contributed by atoms with Gasteiger partial charge in [0.25, 0.3) is 0 Å². The van der Waals surface area contributed by atoms with Gasteiger partial charge in [-0.3, -0.25) is 24.5 Å². The molecule has 0 aromatic carbocycles. The average Bonchev–Trinajstić information content (AvgIpc) is 3.08. The molecule has 2 aliphatic heterocycles. The summed E-state index contributed by atoms with van der Waals surface area (Å²) >= 11 is 5.86. The van der Waals surface area contributed by atoms with Crippen molar-refractivity contribution >= 4 is 24.0 Å². The van der Waals surface area contributed by atoms with Crippen molar-refractivity contribution < 1.29 is 0 Å². The molecule has 2 saturated heterocycles. The van der Waals surface area contributed by atoms with Crippen LogP contribution >= 0.6 is 24.0 Å². The van der Waals surface area contributed by atoms with Gasteiger partial charge in [-0.15, -0.1) is 12.4 Å². The number of halogens is 2. The summed E-state index contributed by atoms with van der Waals surface area (Å²) in [6.45, 7) is 17.7. The fraction of sp³-hybridized carbons (Fsp3) is 1.00. The standard InChI is InChI=1S/C9H21N3.C5H11ClN2.C4H11N.CH4.ClH/c1-5-12(6-2)9-10(3)7-8-11(9)4;1-7-3-4-8(2)5(7)6;1-3-5-4-2;;/h9H,5-8H2,1-4H3;5H,3-4H2,1-2H3;5H,3-4H2,1-2H3;1H4;1H. The van der Waals surface area contributed by atoms with Crippen LogP contribution in [0.3, 0.4) is 0 Å². The second-order valence-corrected chi connectivity index (χ2v) is 7.15. The minimum atomic E-state index is 0. The molecule has 0 aromatic rings. The summed E-state index contributed by atoms with van der Waals surface area (Å²) < 4.78 is 0. The molecule has 0 spiro atoms. The number of hydrogen-bond acceptors (Lipinski definition) is 6. The van der Waals surface area contributed by atoms with Gasteiger partial charge in [0, 0.05) is 26.2 Å². The summed E-state index contributed by atoms with van der Waals surface area (Å²) in [5.74, 6) is 0. The second-order valence-electron chi connectivity index (χ2n) is 6.76. The van der Waals surface area contributed by atoms with Gasteiger partial charge in [0.15, 0.2) is 0 Å². The van der Waals surface area contributed by atoms with Gasteiger partial charge in [0.2, 0.25) is 0 Å². The van der Waals surface area contributed by atoms with Crippen molar-refractivity contribution in [3.63, 3.8) is 0 Å². The molecular formula is C19H48Cl2N6. The van der Waals surface area contributed by atoms with Crippen molar-refractivity contribution in [1.29, 1.82) is 0 Å². The van der Waals surface area contributed by atoms with Crippen LogP contribution in [0.5, 0.6) is 0 Å². The Hall–Kier alpha value is 0.340. The molecule has 2 aliphatic rings. The third-order valence-corrected chi connectivity index (χ3v) is 5.43. The molecule has 0 aromatic heterocycles. The Labute approximate surface area is 181 Å². The summed E-state index contributed by atoms with van der Waals surface area (Å²) in [4.78, 5) is 11.5. The molecular weight excluding hydrogens is 383 g/mol. The van der Waals surface area contributed by atoms with E-state index in [0.29, 0.717) is 6.29 Å². The van der Waals surface area contributed by atoms with Crippen LogP contribution in [0.4, 0.5) is 0 Å². The predicted octanol–water partition coefficient (Wildman–Crippen LogP) is 2.55. The van der Waals surface area contributed by atoms with E-state index in [-0.39, 0.29) is 25.5 Å². The van der Waals surface area contributed by atoms with E-state index in [1.54, 1.807) is 0 Å². The largest absolute Gasteiger partial charge is 0.317 e. The predicted molar refractivity (Wildman–Crippen MR) is 125 cm³/mol. The number of nitrogens with zero attached hydrogens (tertiary/aromatic N) is 5. The Morgan fingerprint density at radius 1 is 0.778 bits per heavy atom. The van der Waals surface area contributed by atoms with Crippen molar-refractivity contribution in [2.24, 2.45) is 0 Å². The van der Waals surface area contributed by atoms with Crippen molar-refractivity contribution in [3.8, 4) is 0 Å². The molecule has 0 amide bonds. The molecule has 0 atom stereocenters. The number of rotatable bonds is 5. The van der Waals surface area contributed by atoms with Crippen LogP contribution in [0.25, 0.3) is 0 Å². The molecule has 8 heteroatoms. The second kappa shape index (κ2) is 18.4. The first-order valence-electron chi connectivity index (χ1n) is 9.73. The Morgan fingerprint density at radius 2 is 1.11 bits per heavy atom. The van der Waals surface area contributed by atoms with E-state index in [4.69, 9.17) is 11.6 Å². The summed E-state index contributed by atoms with van der Waals surface area (Å²) in [5.41, 5.74) is 0.120. The molecule has 168 valence electrons. The molecule has 0 unspecified atom stereocenters. The molecule has 0 bridgehead atoms. The van der Waals surface area contributed by atoms with Crippen LogP contribution in [0.1, 0.15) is 35.1 Å². The van der Waals surface area contributed by atoms with Crippen LogP contribution in [-0.4, -0.2) is 117 Å². The van der Waals surface area contributed by atoms with Gasteiger partial charge >= 0.3 is 0 Å². The first kappa shape index (κ1) is 32.0. The molecule has 0 radical (unpaired) electrons. The molecule has 27 heavy (non-hydrogen) atoms. The minimum Gasteiger partial charge on any atom is -0.317 e. The van der Waals surface area contributed by atoms with Crippen molar-refractivity contribution in [3.05, 3.63) is 0 Å². The molecule has 1 N–H and O–H groups in total. The van der Waals surface area contributed by atoms with E-state index in [1.165, 1.54) is 13.1 Å². The highest BCUT2D eigenvalue weighted by Crippen LogP contribution is 2.13. The van der Waals surface area contributed by atoms with E-state index in [0.717, 1.165) is 39.3 Å². The maximum absolute atomic E-state index is 5.86. The van der Waals surface area contributed by atoms with Gasteiger partial charge < -0.3 is 5.32 Å². The van der Waals surface area contributed by atoms with Gasteiger partial charge in [0.05, 0.1) is 0 Å².